The molecule has 0 amide bonds. The van der Waals surface area contributed by atoms with Crippen LogP contribution in [0.3, 0.4) is 0 Å². The van der Waals surface area contributed by atoms with Crippen molar-refractivity contribution in [3.8, 4) is 0 Å². The predicted molar refractivity (Wildman–Crippen MR) is 92.9 cm³/mol. The fraction of sp³-hybridized carbons (Fsp3) is 0.429. The summed E-state index contributed by atoms with van der Waals surface area (Å²) in [6, 6.07) is 3.04. The summed E-state index contributed by atoms with van der Waals surface area (Å²) in [5, 5.41) is 3.82. The molecule has 1 aromatic rings. The summed E-state index contributed by atoms with van der Waals surface area (Å²) in [6.07, 6.45) is 2.44. The summed E-state index contributed by atoms with van der Waals surface area (Å²) >= 11 is 12.1. The van der Waals surface area contributed by atoms with E-state index in [1.165, 1.54) is 6.07 Å². The molecule has 0 saturated carbocycles. The first-order valence-corrected chi connectivity index (χ1v) is 7.09. The quantitative estimate of drug-likeness (QED) is 0.615. The first-order valence-electron chi connectivity index (χ1n) is 6.34. The molecule has 0 aliphatic carbocycles. The van der Waals surface area contributed by atoms with Crippen molar-refractivity contribution >= 4 is 48.0 Å². The molecular weight excluding hydrogens is 357 g/mol. The Hall–Kier alpha value is -0.0300. The van der Waals surface area contributed by atoms with E-state index in [4.69, 9.17) is 23.2 Å². The lowest BCUT2D eigenvalue weighted by Gasteiger charge is -2.35. The molecule has 7 heteroatoms. The van der Waals surface area contributed by atoms with E-state index in [0.717, 1.165) is 26.2 Å². The van der Waals surface area contributed by atoms with Crippen molar-refractivity contribution in [3.63, 3.8) is 0 Å². The van der Waals surface area contributed by atoms with E-state index in [-0.39, 0.29) is 35.9 Å². The van der Waals surface area contributed by atoms with E-state index < -0.39 is 5.82 Å². The van der Waals surface area contributed by atoms with Gasteiger partial charge in [0.15, 0.2) is 0 Å². The largest absolute Gasteiger partial charge is 0.314 e. The Morgan fingerprint density at radius 2 is 1.81 bits per heavy atom. The zero-order valence-electron chi connectivity index (χ0n) is 11.4. The summed E-state index contributed by atoms with van der Waals surface area (Å²) in [7, 11) is 0. The molecule has 1 N–H and O–H groups in total. The third kappa shape index (κ3) is 4.98. The molecule has 1 aromatic carbocycles. The van der Waals surface area contributed by atoms with Crippen molar-refractivity contribution in [1.29, 1.82) is 0 Å². The van der Waals surface area contributed by atoms with Crippen molar-refractivity contribution in [2.45, 2.75) is 12.5 Å². The lowest BCUT2D eigenvalue weighted by molar-refractivity contribution is 0.171. The average molecular weight is 376 g/mol. The monoisotopic (exact) mass is 374 g/mol. The maximum absolute atomic E-state index is 14.3. The van der Waals surface area contributed by atoms with Gasteiger partial charge >= 0.3 is 0 Å². The molecule has 2 nitrogen and oxygen atoms in total. The zero-order chi connectivity index (χ0) is 13.8. The minimum absolute atomic E-state index is 0. The second-order valence-corrected chi connectivity index (χ2v) is 5.40. The molecule has 1 atom stereocenters. The van der Waals surface area contributed by atoms with Gasteiger partial charge in [-0.15, -0.1) is 31.4 Å². The number of rotatable bonds is 4. The molecule has 0 radical (unpaired) electrons. The lowest BCUT2D eigenvalue weighted by atomic mass is 10.0. The van der Waals surface area contributed by atoms with Crippen LogP contribution in [0.2, 0.25) is 10.0 Å². The van der Waals surface area contributed by atoms with E-state index in [1.54, 1.807) is 12.1 Å². The first kappa shape index (κ1) is 21.0. The molecule has 0 bridgehead atoms. The highest BCUT2D eigenvalue weighted by Gasteiger charge is 2.26. The van der Waals surface area contributed by atoms with E-state index >= 15 is 0 Å². The van der Waals surface area contributed by atoms with E-state index in [9.17, 15) is 4.39 Å². The maximum Gasteiger partial charge on any atom is 0.148 e. The highest BCUT2D eigenvalue weighted by Crippen LogP contribution is 2.35. The van der Waals surface area contributed by atoms with Crippen LogP contribution in [0, 0.1) is 5.82 Å². The normalized spacial score (nSPS) is 16.5. The summed E-state index contributed by atoms with van der Waals surface area (Å²) in [5.41, 5.74) is 0.482. The molecule has 2 rings (SSSR count). The molecule has 1 aliphatic rings. The minimum atomic E-state index is -0.417. The highest BCUT2D eigenvalue weighted by molar-refractivity contribution is 6.33. The number of nitrogens with one attached hydrogen (secondary N) is 1. The Kier molecular flexibility index (Phi) is 9.87. The van der Waals surface area contributed by atoms with Gasteiger partial charge in [0.2, 0.25) is 0 Å². The zero-order valence-corrected chi connectivity index (χ0v) is 14.6. The lowest BCUT2D eigenvalue weighted by Crippen LogP contribution is -2.45. The van der Waals surface area contributed by atoms with Gasteiger partial charge < -0.3 is 5.32 Å². The number of hydrogen-bond donors (Lipinski definition) is 1. The molecule has 1 aliphatic heterocycles. The molecule has 1 saturated heterocycles. The molecule has 0 unspecified atom stereocenters. The molecule has 1 fully saturated rings. The Bertz CT molecular complexity index is 465. The number of halogens is 5. The van der Waals surface area contributed by atoms with E-state index in [0.29, 0.717) is 17.0 Å². The van der Waals surface area contributed by atoms with Gasteiger partial charge in [0.05, 0.1) is 5.02 Å². The molecular formula is C14H19Cl4FN2. The minimum Gasteiger partial charge on any atom is -0.314 e. The fourth-order valence-corrected chi connectivity index (χ4v) is 2.89. The molecule has 1 heterocycles. The van der Waals surface area contributed by atoms with Crippen molar-refractivity contribution in [2.75, 3.05) is 26.2 Å². The number of hydrogen-bond acceptors (Lipinski definition) is 2. The third-order valence-corrected chi connectivity index (χ3v) is 4.02. The average Bonchev–Trinajstić information content (AvgIpc) is 2.43. The maximum atomic E-state index is 14.3. The number of benzene rings is 1. The van der Waals surface area contributed by atoms with Crippen molar-refractivity contribution in [1.82, 2.24) is 10.2 Å². The predicted octanol–water partition coefficient (Wildman–Crippen LogP) is 4.50. The first-order chi connectivity index (χ1) is 9.15. The summed E-state index contributed by atoms with van der Waals surface area (Å²) in [4.78, 5) is 2.22. The topological polar surface area (TPSA) is 15.3 Å². The van der Waals surface area contributed by atoms with Crippen LogP contribution in [0.5, 0.6) is 0 Å². The second kappa shape index (κ2) is 9.88. The third-order valence-electron chi connectivity index (χ3n) is 3.39. The van der Waals surface area contributed by atoms with Crippen molar-refractivity contribution < 1.29 is 4.39 Å². The van der Waals surface area contributed by atoms with Gasteiger partial charge in [-0.3, -0.25) is 4.90 Å². The van der Waals surface area contributed by atoms with Crippen LogP contribution in [-0.2, 0) is 0 Å². The summed E-state index contributed by atoms with van der Waals surface area (Å²) in [6.45, 7) is 7.28. The van der Waals surface area contributed by atoms with Gasteiger partial charge in [-0.25, -0.2) is 4.39 Å². The van der Waals surface area contributed by atoms with Gasteiger partial charge in [0.1, 0.15) is 5.82 Å². The van der Waals surface area contributed by atoms with Crippen molar-refractivity contribution in [3.05, 3.63) is 46.2 Å². The van der Waals surface area contributed by atoms with Gasteiger partial charge in [0, 0.05) is 42.8 Å². The van der Waals surface area contributed by atoms with Gasteiger partial charge in [-0.05, 0) is 18.6 Å². The second-order valence-electron chi connectivity index (χ2n) is 4.58. The van der Waals surface area contributed by atoms with Crippen LogP contribution >= 0.6 is 48.0 Å². The molecule has 0 aromatic heterocycles. The summed E-state index contributed by atoms with van der Waals surface area (Å²) < 4.78 is 14.3. The van der Waals surface area contributed by atoms with Crippen LogP contribution in [0.1, 0.15) is 18.0 Å². The van der Waals surface area contributed by atoms with Crippen LogP contribution in [-0.4, -0.2) is 31.1 Å². The van der Waals surface area contributed by atoms with Crippen LogP contribution in [0.15, 0.2) is 24.8 Å². The summed E-state index contributed by atoms with van der Waals surface area (Å²) in [5.74, 6) is -0.417. The van der Waals surface area contributed by atoms with Crippen LogP contribution in [0.4, 0.5) is 4.39 Å². The number of nitrogens with zero attached hydrogens (tertiary/aromatic N) is 1. The van der Waals surface area contributed by atoms with Gasteiger partial charge in [-0.2, -0.15) is 0 Å². The highest BCUT2D eigenvalue weighted by atomic mass is 35.5. The van der Waals surface area contributed by atoms with Crippen molar-refractivity contribution in [2.24, 2.45) is 0 Å². The Morgan fingerprint density at radius 1 is 1.24 bits per heavy atom. The smallest absolute Gasteiger partial charge is 0.148 e. The molecule has 120 valence electrons. The molecule has 21 heavy (non-hydrogen) atoms. The fourth-order valence-electron chi connectivity index (χ4n) is 2.45. The van der Waals surface area contributed by atoms with Crippen LogP contribution < -0.4 is 5.32 Å². The SMILES string of the molecule is C=CC[C@@H](c1c(Cl)ccc(Cl)c1F)N1CCNCC1.Cl.Cl. The Balaban J connectivity index is 0.00000200. The Labute approximate surface area is 147 Å². The van der Waals surface area contributed by atoms with E-state index in [2.05, 4.69) is 16.8 Å². The standard InChI is InChI=1S/C14H17Cl2FN2.2ClH/c1-2-3-12(19-8-6-18-7-9-19)13-10(15)4-5-11(16)14(13)17;;/h2,4-5,12,18H,1,3,6-9H2;2*1H/t12-;;/m0../s1. The van der Waals surface area contributed by atoms with Gasteiger partial charge in [-0.1, -0.05) is 29.3 Å². The number of piperazine rings is 1. The van der Waals surface area contributed by atoms with E-state index in [1.807, 2.05) is 0 Å². The van der Waals surface area contributed by atoms with Crippen LogP contribution in [0.25, 0.3) is 0 Å². The Morgan fingerprint density at radius 3 is 2.38 bits per heavy atom. The van der Waals surface area contributed by atoms with Gasteiger partial charge in [0.25, 0.3) is 0 Å². The molecule has 0 spiro atoms.